The van der Waals surface area contributed by atoms with Crippen LogP contribution in [0.5, 0.6) is 0 Å². The lowest BCUT2D eigenvalue weighted by Gasteiger charge is -2.24. The fourth-order valence-electron chi connectivity index (χ4n) is 2.45. The predicted octanol–water partition coefficient (Wildman–Crippen LogP) is 1.57. The van der Waals surface area contributed by atoms with E-state index in [2.05, 4.69) is 27.0 Å². The molecule has 6 nitrogen and oxygen atoms in total. The standard InChI is InChI=1S/C15H23N3O3S/c1-16-15(20)17-14(19)6-7-18(10-12-4-2-8-21-12)11-13-5-3-9-22-13/h3,5,9,12H,2,4,6-8,10-11H2,1H3,(H2,16,17,19,20)/t12-/m1/s1. The largest absolute Gasteiger partial charge is 0.377 e. The summed E-state index contributed by atoms with van der Waals surface area (Å²) in [6, 6.07) is 3.66. The molecule has 2 N–H and O–H groups in total. The van der Waals surface area contributed by atoms with Crippen LogP contribution in [0.4, 0.5) is 4.79 Å². The quantitative estimate of drug-likeness (QED) is 0.798. The van der Waals surface area contributed by atoms with Crippen molar-refractivity contribution in [1.82, 2.24) is 15.5 Å². The van der Waals surface area contributed by atoms with Gasteiger partial charge in [-0.3, -0.25) is 15.0 Å². The Kier molecular flexibility index (Phi) is 6.82. The zero-order valence-electron chi connectivity index (χ0n) is 12.8. The van der Waals surface area contributed by atoms with Crippen molar-refractivity contribution in [1.29, 1.82) is 0 Å². The molecule has 1 atom stereocenters. The van der Waals surface area contributed by atoms with Crippen LogP contribution in [0.15, 0.2) is 17.5 Å². The summed E-state index contributed by atoms with van der Waals surface area (Å²) in [7, 11) is 1.49. The average Bonchev–Trinajstić information content (AvgIpc) is 3.18. The van der Waals surface area contributed by atoms with Crippen molar-refractivity contribution < 1.29 is 14.3 Å². The number of carbonyl (C=O) groups excluding carboxylic acids is 2. The Bertz CT molecular complexity index is 472. The van der Waals surface area contributed by atoms with Crippen molar-refractivity contribution >= 4 is 23.3 Å². The van der Waals surface area contributed by atoms with Crippen LogP contribution in [0.3, 0.4) is 0 Å². The minimum Gasteiger partial charge on any atom is -0.377 e. The molecule has 0 spiro atoms. The lowest BCUT2D eigenvalue weighted by Crippen LogP contribution is -2.40. The maximum atomic E-state index is 11.7. The number of ether oxygens (including phenoxy) is 1. The van der Waals surface area contributed by atoms with E-state index in [1.54, 1.807) is 11.3 Å². The van der Waals surface area contributed by atoms with Gasteiger partial charge < -0.3 is 10.1 Å². The van der Waals surface area contributed by atoms with Crippen LogP contribution in [0.2, 0.25) is 0 Å². The second-order valence-electron chi connectivity index (χ2n) is 5.33. The molecule has 0 aromatic carbocycles. The zero-order chi connectivity index (χ0) is 15.8. The first-order valence-electron chi connectivity index (χ1n) is 7.55. The van der Waals surface area contributed by atoms with Crippen LogP contribution in [-0.4, -0.2) is 49.7 Å². The van der Waals surface area contributed by atoms with Crippen molar-refractivity contribution in [2.45, 2.75) is 31.9 Å². The van der Waals surface area contributed by atoms with E-state index < -0.39 is 6.03 Å². The van der Waals surface area contributed by atoms with Gasteiger partial charge in [-0.1, -0.05) is 6.07 Å². The van der Waals surface area contributed by atoms with E-state index >= 15 is 0 Å². The van der Waals surface area contributed by atoms with Gasteiger partial charge >= 0.3 is 6.03 Å². The van der Waals surface area contributed by atoms with E-state index in [9.17, 15) is 9.59 Å². The molecule has 2 rings (SSSR count). The minimum absolute atomic E-state index is 0.252. The van der Waals surface area contributed by atoms with E-state index in [0.717, 1.165) is 32.5 Å². The second-order valence-corrected chi connectivity index (χ2v) is 6.36. The lowest BCUT2D eigenvalue weighted by atomic mass is 10.2. The van der Waals surface area contributed by atoms with Crippen molar-refractivity contribution in [3.63, 3.8) is 0 Å². The highest BCUT2D eigenvalue weighted by atomic mass is 32.1. The molecule has 0 aliphatic carbocycles. The molecule has 0 bridgehead atoms. The predicted molar refractivity (Wildman–Crippen MR) is 85.8 cm³/mol. The van der Waals surface area contributed by atoms with Gasteiger partial charge in [-0.2, -0.15) is 0 Å². The van der Waals surface area contributed by atoms with Crippen molar-refractivity contribution in [2.24, 2.45) is 0 Å². The molecule has 1 aliphatic rings. The third kappa shape index (κ3) is 5.75. The number of nitrogens with one attached hydrogen (secondary N) is 2. The Morgan fingerprint density at radius 3 is 3.00 bits per heavy atom. The SMILES string of the molecule is CNC(=O)NC(=O)CCN(Cc1cccs1)C[C@H]1CCCO1. The molecule has 3 amide bonds. The Hall–Kier alpha value is -1.44. The average molecular weight is 325 g/mol. The van der Waals surface area contributed by atoms with Gasteiger partial charge in [0, 0.05) is 44.6 Å². The molecule has 0 radical (unpaired) electrons. The summed E-state index contributed by atoms with van der Waals surface area (Å²) in [6.07, 6.45) is 2.73. The van der Waals surface area contributed by atoms with Crippen LogP contribution in [0.1, 0.15) is 24.1 Å². The van der Waals surface area contributed by atoms with E-state index in [1.807, 2.05) is 6.07 Å². The first-order valence-corrected chi connectivity index (χ1v) is 8.43. The highest BCUT2D eigenvalue weighted by molar-refractivity contribution is 7.09. The summed E-state index contributed by atoms with van der Waals surface area (Å²) >= 11 is 1.71. The summed E-state index contributed by atoms with van der Waals surface area (Å²) in [6.45, 7) is 3.07. The number of rotatable bonds is 7. The van der Waals surface area contributed by atoms with Gasteiger partial charge in [-0.25, -0.2) is 4.79 Å². The molecule has 1 fully saturated rings. The molecule has 1 aliphatic heterocycles. The van der Waals surface area contributed by atoms with E-state index in [1.165, 1.54) is 11.9 Å². The number of carbonyl (C=O) groups is 2. The molecule has 0 unspecified atom stereocenters. The van der Waals surface area contributed by atoms with Crippen LogP contribution >= 0.6 is 11.3 Å². The number of urea groups is 1. The minimum atomic E-state index is -0.464. The molecule has 0 saturated carbocycles. The smallest absolute Gasteiger partial charge is 0.321 e. The van der Waals surface area contributed by atoms with Gasteiger partial charge in [0.15, 0.2) is 0 Å². The first kappa shape index (κ1) is 16.9. The number of nitrogens with zero attached hydrogens (tertiary/aromatic N) is 1. The summed E-state index contributed by atoms with van der Waals surface area (Å²) in [5, 5.41) is 6.72. The summed E-state index contributed by atoms with van der Waals surface area (Å²) in [5.74, 6) is -0.261. The Morgan fingerprint density at radius 1 is 1.50 bits per heavy atom. The van der Waals surface area contributed by atoms with E-state index in [0.29, 0.717) is 13.0 Å². The maximum Gasteiger partial charge on any atom is 0.321 e. The third-order valence-electron chi connectivity index (χ3n) is 3.58. The molecule has 1 saturated heterocycles. The Labute approximate surface area is 134 Å². The Morgan fingerprint density at radius 2 is 2.36 bits per heavy atom. The van der Waals surface area contributed by atoms with Gasteiger partial charge in [0.1, 0.15) is 0 Å². The fourth-order valence-corrected chi connectivity index (χ4v) is 3.19. The Balaban J connectivity index is 1.83. The molecule has 1 aromatic heterocycles. The normalized spacial score (nSPS) is 17.6. The van der Waals surface area contributed by atoms with Crippen LogP contribution in [0.25, 0.3) is 0 Å². The van der Waals surface area contributed by atoms with E-state index in [-0.39, 0.29) is 12.0 Å². The molecular formula is C15H23N3O3S. The van der Waals surface area contributed by atoms with Crippen LogP contribution in [-0.2, 0) is 16.1 Å². The third-order valence-corrected chi connectivity index (χ3v) is 4.44. The van der Waals surface area contributed by atoms with Gasteiger partial charge in [-0.05, 0) is 24.3 Å². The lowest BCUT2D eigenvalue weighted by molar-refractivity contribution is -0.120. The number of hydrogen-bond acceptors (Lipinski definition) is 5. The highest BCUT2D eigenvalue weighted by Crippen LogP contribution is 2.17. The molecule has 122 valence electrons. The monoisotopic (exact) mass is 325 g/mol. The summed E-state index contributed by atoms with van der Waals surface area (Å²) in [5.41, 5.74) is 0. The van der Waals surface area contributed by atoms with Crippen molar-refractivity contribution in [3.8, 4) is 0 Å². The maximum absolute atomic E-state index is 11.7. The topological polar surface area (TPSA) is 70.7 Å². The fraction of sp³-hybridized carbons (Fsp3) is 0.600. The van der Waals surface area contributed by atoms with Crippen LogP contribution in [0, 0.1) is 0 Å². The molecule has 2 heterocycles. The van der Waals surface area contributed by atoms with Gasteiger partial charge in [0.25, 0.3) is 0 Å². The first-order chi connectivity index (χ1) is 10.7. The van der Waals surface area contributed by atoms with Crippen LogP contribution < -0.4 is 10.6 Å². The molecular weight excluding hydrogens is 302 g/mol. The molecule has 22 heavy (non-hydrogen) atoms. The van der Waals surface area contributed by atoms with E-state index in [4.69, 9.17) is 4.74 Å². The second kappa shape index (κ2) is 8.87. The summed E-state index contributed by atoms with van der Waals surface area (Å²) in [4.78, 5) is 26.4. The summed E-state index contributed by atoms with van der Waals surface area (Å²) < 4.78 is 5.69. The number of hydrogen-bond donors (Lipinski definition) is 2. The van der Waals surface area contributed by atoms with Gasteiger partial charge in [0.2, 0.25) is 5.91 Å². The number of imide groups is 1. The zero-order valence-corrected chi connectivity index (χ0v) is 13.7. The van der Waals surface area contributed by atoms with Crippen molar-refractivity contribution in [2.75, 3.05) is 26.7 Å². The number of thiophene rings is 1. The molecule has 1 aromatic rings. The van der Waals surface area contributed by atoms with Gasteiger partial charge in [0.05, 0.1) is 6.10 Å². The highest BCUT2D eigenvalue weighted by Gasteiger charge is 2.20. The van der Waals surface area contributed by atoms with Crippen molar-refractivity contribution in [3.05, 3.63) is 22.4 Å². The molecule has 7 heteroatoms. The number of amides is 3. The van der Waals surface area contributed by atoms with Gasteiger partial charge in [-0.15, -0.1) is 11.3 Å².